The number of rotatable bonds is 7. The van der Waals surface area contributed by atoms with Crippen molar-refractivity contribution in [1.29, 1.82) is 0 Å². The highest BCUT2D eigenvalue weighted by atomic mass is 16.4. The number of ketones is 1. The maximum Gasteiger partial charge on any atom is 0.305 e. The number of benzene rings is 1. The van der Waals surface area contributed by atoms with Gasteiger partial charge in [0.2, 0.25) is 0 Å². The van der Waals surface area contributed by atoms with Gasteiger partial charge >= 0.3 is 5.97 Å². The van der Waals surface area contributed by atoms with E-state index in [0.29, 0.717) is 16.7 Å². The van der Waals surface area contributed by atoms with Crippen LogP contribution in [0.2, 0.25) is 0 Å². The van der Waals surface area contributed by atoms with Crippen molar-refractivity contribution in [2.24, 2.45) is 0 Å². The first-order chi connectivity index (χ1) is 11.4. The summed E-state index contributed by atoms with van der Waals surface area (Å²) in [5.74, 6) is -1.31. The van der Waals surface area contributed by atoms with Gasteiger partial charge in [-0.1, -0.05) is 12.1 Å². The molecule has 6 nitrogen and oxygen atoms in total. The molecule has 0 radical (unpaired) electrons. The standard InChI is InChI=1S/C18H20N2O4/c1-12(2)20(10-8-16(21)22)18(24)14-5-3-13(4-6-14)17(23)15-7-9-19-11-15/h3-7,9,11-12,19H,8,10H2,1-2H3,(H,21,22). The number of carboxylic acids is 1. The zero-order valence-corrected chi connectivity index (χ0v) is 13.7. The van der Waals surface area contributed by atoms with E-state index in [-0.39, 0.29) is 30.7 Å². The molecule has 0 aliphatic carbocycles. The second-order valence-corrected chi connectivity index (χ2v) is 5.74. The van der Waals surface area contributed by atoms with Crippen LogP contribution in [0.25, 0.3) is 0 Å². The molecule has 0 atom stereocenters. The van der Waals surface area contributed by atoms with Gasteiger partial charge in [-0.25, -0.2) is 0 Å². The summed E-state index contributed by atoms with van der Waals surface area (Å²) < 4.78 is 0. The summed E-state index contributed by atoms with van der Waals surface area (Å²) in [6.45, 7) is 3.82. The van der Waals surface area contributed by atoms with Crippen LogP contribution in [0.5, 0.6) is 0 Å². The lowest BCUT2D eigenvalue weighted by Crippen LogP contribution is -2.38. The molecule has 0 unspecified atom stereocenters. The Bertz CT molecular complexity index is 718. The third kappa shape index (κ3) is 4.10. The van der Waals surface area contributed by atoms with Gasteiger partial charge in [0, 0.05) is 41.7 Å². The lowest BCUT2D eigenvalue weighted by Gasteiger charge is -2.26. The second-order valence-electron chi connectivity index (χ2n) is 5.74. The maximum absolute atomic E-state index is 12.6. The molecule has 0 bridgehead atoms. The monoisotopic (exact) mass is 328 g/mol. The van der Waals surface area contributed by atoms with Gasteiger partial charge in [0.15, 0.2) is 5.78 Å². The number of nitrogens with one attached hydrogen (secondary N) is 1. The molecule has 126 valence electrons. The van der Waals surface area contributed by atoms with Gasteiger partial charge in [0.05, 0.1) is 6.42 Å². The molecule has 0 spiro atoms. The minimum absolute atomic E-state index is 0.103. The summed E-state index contributed by atoms with van der Waals surface area (Å²) >= 11 is 0. The Kier molecular flexibility index (Phi) is 5.52. The van der Waals surface area contributed by atoms with Crippen LogP contribution in [-0.2, 0) is 4.79 Å². The number of aromatic amines is 1. The van der Waals surface area contributed by atoms with Crippen molar-refractivity contribution in [3.05, 3.63) is 59.4 Å². The molecular weight excluding hydrogens is 308 g/mol. The van der Waals surface area contributed by atoms with Crippen LogP contribution in [0.1, 0.15) is 46.5 Å². The Balaban J connectivity index is 2.14. The molecule has 6 heteroatoms. The molecule has 2 N–H and O–H groups in total. The average Bonchev–Trinajstić information content (AvgIpc) is 3.08. The molecule has 0 saturated heterocycles. The Hall–Kier alpha value is -2.89. The first-order valence-electron chi connectivity index (χ1n) is 7.70. The van der Waals surface area contributed by atoms with Crippen LogP contribution in [0.3, 0.4) is 0 Å². The van der Waals surface area contributed by atoms with Crippen LogP contribution in [0, 0.1) is 0 Å². The van der Waals surface area contributed by atoms with Gasteiger partial charge in [-0.05, 0) is 32.0 Å². The fraction of sp³-hybridized carbons (Fsp3) is 0.278. The Morgan fingerprint density at radius 3 is 2.17 bits per heavy atom. The van der Waals surface area contributed by atoms with Gasteiger partial charge in [-0.3, -0.25) is 14.4 Å². The fourth-order valence-corrected chi connectivity index (χ4v) is 2.37. The average molecular weight is 328 g/mol. The smallest absolute Gasteiger partial charge is 0.305 e. The molecular formula is C18H20N2O4. The zero-order valence-electron chi connectivity index (χ0n) is 13.7. The highest BCUT2D eigenvalue weighted by Gasteiger charge is 2.20. The predicted molar refractivity (Wildman–Crippen MR) is 89.1 cm³/mol. The molecule has 1 aromatic heterocycles. The first kappa shape index (κ1) is 17.5. The van der Waals surface area contributed by atoms with Crippen molar-refractivity contribution >= 4 is 17.7 Å². The van der Waals surface area contributed by atoms with E-state index >= 15 is 0 Å². The van der Waals surface area contributed by atoms with E-state index in [0.717, 1.165) is 0 Å². The summed E-state index contributed by atoms with van der Waals surface area (Å²) in [5.41, 5.74) is 1.48. The van der Waals surface area contributed by atoms with Crippen LogP contribution < -0.4 is 0 Å². The molecule has 1 aromatic carbocycles. The number of nitrogens with zero attached hydrogens (tertiary/aromatic N) is 1. The predicted octanol–water partition coefficient (Wildman–Crippen LogP) is 2.57. The number of amides is 1. The van der Waals surface area contributed by atoms with Crippen LogP contribution >= 0.6 is 0 Å². The number of H-pyrrole nitrogens is 1. The highest BCUT2D eigenvalue weighted by Crippen LogP contribution is 2.14. The van der Waals surface area contributed by atoms with Crippen molar-refractivity contribution in [1.82, 2.24) is 9.88 Å². The lowest BCUT2D eigenvalue weighted by atomic mass is 10.0. The van der Waals surface area contributed by atoms with Crippen LogP contribution in [-0.4, -0.2) is 45.2 Å². The molecule has 24 heavy (non-hydrogen) atoms. The van der Waals surface area contributed by atoms with E-state index < -0.39 is 5.97 Å². The number of hydrogen-bond acceptors (Lipinski definition) is 3. The summed E-state index contributed by atoms with van der Waals surface area (Å²) in [4.78, 5) is 39.9. The van der Waals surface area contributed by atoms with Crippen molar-refractivity contribution in [3.63, 3.8) is 0 Å². The van der Waals surface area contributed by atoms with Gasteiger partial charge in [0.1, 0.15) is 0 Å². The quantitative estimate of drug-likeness (QED) is 0.764. The van der Waals surface area contributed by atoms with E-state index in [1.165, 1.54) is 4.90 Å². The summed E-state index contributed by atoms with van der Waals surface area (Å²) in [6, 6.07) is 7.99. The normalized spacial score (nSPS) is 10.6. The third-order valence-electron chi connectivity index (χ3n) is 3.70. The molecule has 1 amide bonds. The molecule has 0 aliphatic rings. The Morgan fingerprint density at radius 2 is 1.67 bits per heavy atom. The van der Waals surface area contributed by atoms with E-state index in [2.05, 4.69) is 4.98 Å². The van der Waals surface area contributed by atoms with Gasteiger partial charge in [-0.15, -0.1) is 0 Å². The number of carbonyl (C=O) groups is 3. The third-order valence-corrected chi connectivity index (χ3v) is 3.70. The number of aliphatic carboxylic acids is 1. The maximum atomic E-state index is 12.6. The molecule has 0 aliphatic heterocycles. The largest absolute Gasteiger partial charge is 0.481 e. The van der Waals surface area contributed by atoms with Crippen LogP contribution in [0.15, 0.2) is 42.7 Å². The molecule has 2 rings (SSSR count). The van der Waals surface area contributed by atoms with E-state index in [1.54, 1.807) is 42.7 Å². The highest BCUT2D eigenvalue weighted by molar-refractivity contribution is 6.09. The molecule has 1 heterocycles. The van der Waals surface area contributed by atoms with E-state index in [4.69, 9.17) is 5.11 Å². The van der Waals surface area contributed by atoms with Crippen molar-refractivity contribution in [2.75, 3.05) is 6.54 Å². The molecule has 0 saturated carbocycles. The summed E-state index contributed by atoms with van der Waals surface area (Å²) in [6.07, 6.45) is 3.19. The summed E-state index contributed by atoms with van der Waals surface area (Å²) in [5, 5.41) is 8.81. The van der Waals surface area contributed by atoms with Gasteiger partial charge < -0.3 is 15.0 Å². The number of carbonyl (C=O) groups excluding carboxylic acids is 2. The Labute approximate surface area is 140 Å². The number of hydrogen-bond donors (Lipinski definition) is 2. The fourth-order valence-electron chi connectivity index (χ4n) is 2.37. The van der Waals surface area contributed by atoms with Gasteiger partial charge in [-0.2, -0.15) is 0 Å². The number of carboxylic acid groups (broad SMARTS) is 1. The summed E-state index contributed by atoms with van der Waals surface area (Å²) in [7, 11) is 0. The SMILES string of the molecule is CC(C)N(CCC(=O)O)C(=O)c1ccc(C(=O)c2cc[nH]c2)cc1. The van der Waals surface area contributed by atoms with Crippen molar-refractivity contribution < 1.29 is 19.5 Å². The minimum atomic E-state index is -0.944. The first-order valence-corrected chi connectivity index (χ1v) is 7.70. The van der Waals surface area contributed by atoms with Gasteiger partial charge in [0.25, 0.3) is 5.91 Å². The number of aromatic nitrogens is 1. The second kappa shape index (κ2) is 7.59. The molecule has 2 aromatic rings. The lowest BCUT2D eigenvalue weighted by molar-refractivity contribution is -0.137. The topological polar surface area (TPSA) is 90.5 Å². The molecule has 0 fully saturated rings. The van der Waals surface area contributed by atoms with E-state index in [1.807, 2.05) is 13.8 Å². The Morgan fingerprint density at radius 1 is 1.04 bits per heavy atom. The van der Waals surface area contributed by atoms with Crippen molar-refractivity contribution in [3.8, 4) is 0 Å². The minimum Gasteiger partial charge on any atom is -0.481 e. The van der Waals surface area contributed by atoms with E-state index in [9.17, 15) is 14.4 Å². The van der Waals surface area contributed by atoms with Crippen molar-refractivity contribution in [2.45, 2.75) is 26.3 Å². The zero-order chi connectivity index (χ0) is 17.7. The van der Waals surface area contributed by atoms with Crippen LogP contribution in [0.4, 0.5) is 0 Å².